The van der Waals surface area contributed by atoms with Gasteiger partial charge < -0.3 is 10.1 Å². The highest BCUT2D eigenvalue weighted by Gasteiger charge is 2.17. The smallest absolute Gasteiger partial charge is 0.260 e. The third kappa shape index (κ3) is 4.50. The summed E-state index contributed by atoms with van der Waals surface area (Å²) >= 11 is 9.34. The van der Waals surface area contributed by atoms with E-state index < -0.39 is 6.10 Å². The number of amides is 1. The van der Waals surface area contributed by atoms with Crippen molar-refractivity contribution < 1.29 is 9.53 Å². The SMILES string of the molecule is CCC(C)NC(=O)C(C)Oc1cc(Br)ccc1Cl. The molecule has 18 heavy (non-hydrogen) atoms. The zero-order valence-electron chi connectivity index (χ0n) is 10.7. The number of ether oxygens (including phenoxy) is 1. The molecule has 0 aliphatic carbocycles. The van der Waals surface area contributed by atoms with Gasteiger partial charge in [0.15, 0.2) is 6.10 Å². The average molecular weight is 335 g/mol. The minimum atomic E-state index is -0.578. The maximum atomic E-state index is 11.8. The van der Waals surface area contributed by atoms with Gasteiger partial charge in [-0.25, -0.2) is 0 Å². The molecule has 3 nitrogen and oxygen atoms in total. The lowest BCUT2D eigenvalue weighted by atomic mass is 10.2. The Balaban J connectivity index is 2.66. The Morgan fingerprint density at radius 3 is 2.78 bits per heavy atom. The van der Waals surface area contributed by atoms with Gasteiger partial charge in [-0.3, -0.25) is 4.79 Å². The molecule has 1 amide bonds. The predicted octanol–water partition coefficient (Wildman–Crippen LogP) is 3.78. The van der Waals surface area contributed by atoms with Crippen LogP contribution in [0.2, 0.25) is 5.02 Å². The number of hydrogen-bond donors (Lipinski definition) is 1. The van der Waals surface area contributed by atoms with E-state index in [0.717, 1.165) is 10.9 Å². The normalized spacial score (nSPS) is 13.8. The summed E-state index contributed by atoms with van der Waals surface area (Å²) < 4.78 is 6.42. The molecule has 0 aliphatic heterocycles. The van der Waals surface area contributed by atoms with Crippen LogP contribution in [0.4, 0.5) is 0 Å². The van der Waals surface area contributed by atoms with Gasteiger partial charge in [-0.15, -0.1) is 0 Å². The first kappa shape index (κ1) is 15.3. The summed E-state index contributed by atoms with van der Waals surface area (Å²) in [6.45, 7) is 5.67. The second kappa shape index (κ2) is 7.00. The van der Waals surface area contributed by atoms with Crippen molar-refractivity contribution in [3.8, 4) is 5.75 Å². The quantitative estimate of drug-likeness (QED) is 0.890. The molecular weight excluding hydrogens is 318 g/mol. The molecule has 1 aromatic carbocycles. The number of benzene rings is 1. The average Bonchev–Trinajstić information content (AvgIpc) is 2.33. The van der Waals surface area contributed by atoms with E-state index in [1.807, 2.05) is 19.9 Å². The second-order valence-corrected chi connectivity index (χ2v) is 5.48. The van der Waals surface area contributed by atoms with Crippen molar-refractivity contribution >= 4 is 33.4 Å². The molecule has 2 atom stereocenters. The Hall–Kier alpha value is -0.740. The van der Waals surface area contributed by atoms with E-state index >= 15 is 0 Å². The molecule has 0 fully saturated rings. The predicted molar refractivity (Wildman–Crippen MR) is 77.1 cm³/mol. The molecule has 1 rings (SSSR count). The first-order valence-electron chi connectivity index (χ1n) is 5.86. The van der Waals surface area contributed by atoms with Crippen LogP contribution < -0.4 is 10.1 Å². The van der Waals surface area contributed by atoms with Gasteiger partial charge in [0.2, 0.25) is 0 Å². The summed E-state index contributed by atoms with van der Waals surface area (Å²) in [5.41, 5.74) is 0. The summed E-state index contributed by atoms with van der Waals surface area (Å²) in [6.07, 6.45) is 0.307. The first-order valence-corrected chi connectivity index (χ1v) is 7.03. The molecule has 0 heterocycles. The Morgan fingerprint density at radius 2 is 2.17 bits per heavy atom. The summed E-state index contributed by atoms with van der Waals surface area (Å²) in [4.78, 5) is 11.8. The number of hydrogen-bond acceptors (Lipinski definition) is 2. The van der Waals surface area contributed by atoms with Crippen molar-refractivity contribution in [2.75, 3.05) is 0 Å². The molecule has 2 unspecified atom stereocenters. The molecular formula is C13H17BrClNO2. The Morgan fingerprint density at radius 1 is 1.50 bits per heavy atom. The lowest BCUT2D eigenvalue weighted by molar-refractivity contribution is -0.127. The zero-order chi connectivity index (χ0) is 13.7. The van der Waals surface area contributed by atoms with Gasteiger partial charge in [-0.2, -0.15) is 0 Å². The number of halogens is 2. The second-order valence-electron chi connectivity index (χ2n) is 4.15. The molecule has 0 saturated heterocycles. The molecule has 1 aromatic rings. The summed E-state index contributed by atoms with van der Waals surface area (Å²) in [6, 6.07) is 5.43. The van der Waals surface area contributed by atoms with Crippen molar-refractivity contribution in [1.29, 1.82) is 0 Å². The van der Waals surface area contributed by atoms with E-state index in [-0.39, 0.29) is 11.9 Å². The molecule has 0 aromatic heterocycles. The van der Waals surface area contributed by atoms with Gasteiger partial charge in [-0.05, 0) is 38.5 Å². The Kier molecular flexibility index (Phi) is 5.96. The third-order valence-corrected chi connectivity index (χ3v) is 3.37. The number of rotatable bonds is 5. The molecule has 0 aliphatic rings. The topological polar surface area (TPSA) is 38.3 Å². The Bertz CT molecular complexity index is 425. The van der Waals surface area contributed by atoms with Crippen LogP contribution in [0.15, 0.2) is 22.7 Å². The zero-order valence-corrected chi connectivity index (χ0v) is 13.0. The lowest BCUT2D eigenvalue weighted by Gasteiger charge is -2.18. The van der Waals surface area contributed by atoms with Crippen LogP contribution in [-0.4, -0.2) is 18.1 Å². The van der Waals surface area contributed by atoms with E-state index in [2.05, 4.69) is 21.2 Å². The molecule has 5 heteroatoms. The van der Waals surface area contributed by atoms with E-state index in [1.165, 1.54) is 0 Å². The molecule has 0 bridgehead atoms. The minimum Gasteiger partial charge on any atom is -0.479 e. The highest BCUT2D eigenvalue weighted by Crippen LogP contribution is 2.28. The third-order valence-electron chi connectivity index (χ3n) is 2.57. The van der Waals surface area contributed by atoms with E-state index in [9.17, 15) is 4.79 Å². The minimum absolute atomic E-state index is 0.139. The molecule has 1 N–H and O–H groups in total. The Labute approximate surface area is 121 Å². The van der Waals surface area contributed by atoms with Crippen LogP contribution >= 0.6 is 27.5 Å². The highest BCUT2D eigenvalue weighted by atomic mass is 79.9. The van der Waals surface area contributed by atoms with Crippen LogP contribution in [0.1, 0.15) is 27.2 Å². The molecule has 0 radical (unpaired) electrons. The standard InChI is InChI=1S/C13H17BrClNO2/c1-4-8(2)16-13(17)9(3)18-12-7-10(14)5-6-11(12)15/h5-9H,4H2,1-3H3,(H,16,17). The van der Waals surface area contributed by atoms with Crippen molar-refractivity contribution in [2.45, 2.75) is 39.3 Å². The summed E-state index contributed by atoms with van der Waals surface area (Å²) in [5, 5.41) is 3.35. The fourth-order valence-corrected chi connectivity index (χ4v) is 1.78. The van der Waals surface area contributed by atoms with E-state index in [1.54, 1.807) is 19.1 Å². The number of nitrogens with one attached hydrogen (secondary N) is 1. The van der Waals surface area contributed by atoms with Crippen LogP contribution in [0.5, 0.6) is 5.75 Å². The van der Waals surface area contributed by atoms with E-state index in [4.69, 9.17) is 16.3 Å². The van der Waals surface area contributed by atoms with Gasteiger partial charge in [0.25, 0.3) is 5.91 Å². The fourth-order valence-electron chi connectivity index (χ4n) is 1.27. The molecule has 0 saturated carbocycles. The van der Waals surface area contributed by atoms with Crippen LogP contribution in [0.25, 0.3) is 0 Å². The first-order chi connectivity index (χ1) is 8.43. The number of carbonyl (C=O) groups is 1. The van der Waals surface area contributed by atoms with Gasteiger partial charge in [-0.1, -0.05) is 34.5 Å². The summed E-state index contributed by atoms with van der Waals surface area (Å²) in [5.74, 6) is 0.359. The monoisotopic (exact) mass is 333 g/mol. The fraction of sp³-hybridized carbons (Fsp3) is 0.462. The van der Waals surface area contributed by atoms with Gasteiger partial charge in [0, 0.05) is 10.5 Å². The number of carbonyl (C=O) groups excluding carboxylic acids is 1. The largest absolute Gasteiger partial charge is 0.479 e. The van der Waals surface area contributed by atoms with Gasteiger partial charge >= 0.3 is 0 Å². The van der Waals surface area contributed by atoms with Gasteiger partial charge in [0.05, 0.1) is 5.02 Å². The molecule has 100 valence electrons. The summed E-state index contributed by atoms with van der Waals surface area (Å²) in [7, 11) is 0. The van der Waals surface area contributed by atoms with Crippen molar-refractivity contribution in [2.24, 2.45) is 0 Å². The van der Waals surface area contributed by atoms with E-state index in [0.29, 0.717) is 10.8 Å². The maximum absolute atomic E-state index is 11.8. The van der Waals surface area contributed by atoms with Crippen molar-refractivity contribution in [1.82, 2.24) is 5.32 Å². The van der Waals surface area contributed by atoms with Crippen molar-refractivity contribution in [3.05, 3.63) is 27.7 Å². The molecule has 0 spiro atoms. The van der Waals surface area contributed by atoms with Crippen LogP contribution in [0.3, 0.4) is 0 Å². The van der Waals surface area contributed by atoms with Gasteiger partial charge in [0.1, 0.15) is 5.75 Å². The van der Waals surface area contributed by atoms with Crippen LogP contribution in [0, 0.1) is 0 Å². The highest BCUT2D eigenvalue weighted by molar-refractivity contribution is 9.10. The van der Waals surface area contributed by atoms with Crippen molar-refractivity contribution in [3.63, 3.8) is 0 Å². The lowest BCUT2D eigenvalue weighted by Crippen LogP contribution is -2.41. The van der Waals surface area contributed by atoms with Crippen LogP contribution in [-0.2, 0) is 4.79 Å². The maximum Gasteiger partial charge on any atom is 0.260 e.